The normalized spacial score (nSPS) is 18.1. The first-order valence-electron chi connectivity index (χ1n) is 10.8. The van der Waals surface area contributed by atoms with Gasteiger partial charge in [-0.2, -0.15) is 0 Å². The molecule has 32 heavy (non-hydrogen) atoms. The van der Waals surface area contributed by atoms with E-state index in [2.05, 4.69) is 58.5 Å². The highest BCUT2D eigenvalue weighted by Gasteiger charge is 2.39. The summed E-state index contributed by atoms with van der Waals surface area (Å²) in [6, 6.07) is 13.1. The third-order valence-corrected chi connectivity index (χ3v) is 5.97. The van der Waals surface area contributed by atoms with Crippen molar-refractivity contribution in [3.63, 3.8) is 0 Å². The van der Waals surface area contributed by atoms with Crippen molar-refractivity contribution in [1.82, 2.24) is 35.5 Å². The smallest absolute Gasteiger partial charge is 0.201 e. The summed E-state index contributed by atoms with van der Waals surface area (Å²) in [5.74, 6) is 0.121. The van der Waals surface area contributed by atoms with E-state index >= 15 is 0 Å². The van der Waals surface area contributed by atoms with Gasteiger partial charge in [0.05, 0.1) is 17.4 Å². The second kappa shape index (κ2) is 7.34. The van der Waals surface area contributed by atoms with E-state index in [1.807, 2.05) is 41.1 Å². The van der Waals surface area contributed by atoms with E-state index < -0.39 is 0 Å². The predicted molar refractivity (Wildman–Crippen MR) is 123 cm³/mol. The molecule has 0 unspecified atom stereocenters. The average Bonchev–Trinajstić information content (AvgIpc) is 3.15. The van der Waals surface area contributed by atoms with Crippen molar-refractivity contribution < 1.29 is 5.11 Å². The Kier molecular flexibility index (Phi) is 4.70. The molecule has 1 saturated heterocycles. The number of rotatable bonds is 3. The fourth-order valence-electron chi connectivity index (χ4n) is 5.01. The molecule has 0 amide bonds. The highest BCUT2D eigenvalue weighted by atomic mass is 16.3. The van der Waals surface area contributed by atoms with Crippen LogP contribution in [0.4, 0.5) is 0 Å². The van der Waals surface area contributed by atoms with Gasteiger partial charge in [-0.25, -0.2) is 4.68 Å². The van der Waals surface area contributed by atoms with Crippen LogP contribution in [0.1, 0.15) is 46.6 Å². The molecule has 164 valence electrons. The Morgan fingerprint density at radius 3 is 2.41 bits per heavy atom. The maximum Gasteiger partial charge on any atom is 0.201 e. The number of hydrogen-bond acceptors (Lipinski definition) is 7. The van der Waals surface area contributed by atoms with Gasteiger partial charge in [0.25, 0.3) is 0 Å². The second-order valence-electron chi connectivity index (χ2n) is 9.87. The summed E-state index contributed by atoms with van der Waals surface area (Å²) in [7, 11) is 0. The van der Waals surface area contributed by atoms with Crippen LogP contribution in [0.2, 0.25) is 0 Å². The SMILES string of the molecule is CC1(C)CC(n2nnc3cc(-c4ccc(-c5ccccn5)cc4O)nnc32)CC(C)(C)N1. The minimum atomic E-state index is -0.0147. The molecule has 1 aromatic carbocycles. The highest BCUT2D eigenvalue weighted by Crippen LogP contribution is 2.37. The number of hydrogen-bond donors (Lipinski definition) is 2. The Morgan fingerprint density at radius 1 is 0.938 bits per heavy atom. The number of aromatic hydroxyl groups is 1. The molecule has 8 heteroatoms. The molecule has 0 spiro atoms. The lowest BCUT2D eigenvalue weighted by Gasteiger charge is -2.46. The molecule has 2 N–H and O–H groups in total. The van der Waals surface area contributed by atoms with E-state index in [4.69, 9.17) is 0 Å². The summed E-state index contributed by atoms with van der Waals surface area (Å²) >= 11 is 0. The van der Waals surface area contributed by atoms with Crippen LogP contribution in [0.5, 0.6) is 5.75 Å². The van der Waals surface area contributed by atoms with Crippen LogP contribution in [0.15, 0.2) is 48.7 Å². The van der Waals surface area contributed by atoms with Gasteiger partial charge in [-0.15, -0.1) is 15.3 Å². The average molecular weight is 430 g/mol. The summed E-state index contributed by atoms with van der Waals surface area (Å²) in [4.78, 5) is 4.34. The molecule has 1 aliphatic heterocycles. The first-order chi connectivity index (χ1) is 15.2. The van der Waals surface area contributed by atoms with Crippen molar-refractivity contribution in [2.45, 2.75) is 57.7 Å². The molecule has 3 aromatic heterocycles. The van der Waals surface area contributed by atoms with E-state index in [9.17, 15) is 5.11 Å². The van der Waals surface area contributed by atoms with Crippen molar-refractivity contribution in [2.24, 2.45) is 0 Å². The summed E-state index contributed by atoms with van der Waals surface area (Å²) in [5.41, 5.74) is 4.08. The topological polar surface area (TPSA) is 102 Å². The number of piperidine rings is 1. The molecule has 1 aliphatic rings. The summed E-state index contributed by atoms with van der Waals surface area (Å²) in [6.07, 6.45) is 3.58. The minimum Gasteiger partial charge on any atom is -0.507 e. The molecule has 0 saturated carbocycles. The predicted octanol–water partition coefficient (Wildman–Crippen LogP) is 4.14. The number of fused-ring (bicyclic) bond motifs is 1. The Morgan fingerprint density at radius 2 is 1.72 bits per heavy atom. The lowest BCUT2D eigenvalue weighted by molar-refractivity contribution is 0.127. The zero-order valence-corrected chi connectivity index (χ0v) is 18.7. The zero-order valence-electron chi connectivity index (χ0n) is 18.7. The van der Waals surface area contributed by atoms with Crippen LogP contribution in [0.25, 0.3) is 33.7 Å². The first kappa shape index (κ1) is 20.5. The maximum atomic E-state index is 10.7. The van der Waals surface area contributed by atoms with Gasteiger partial charge >= 0.3 is 0 Å². The van der Waals surface area contributed by atoms with Crippen LogP contribution in [-0.2, 0) is 0 Å². The summed E-state index contributed by atoms with van der Waals surface area (Å²) in [6.45, 7) is 8.84. The molecular formula is C24H27N7O. The van der Waals surface area contributed by atoms with Crippen molar-refractivity contribution >= 4 is 11.2 Å². The molecule has 1 fully saturated rings. The van der Waals surface area contributed by atoms with Crippen LogP contribution in [0.3, 0.4) is 0 Å². The van der Waals surface area contributed by atoms with Crippen molar-refractivity contribution in [2.75, 3.05) is 0 Å². The van der Waals surface area contributed by atoms with Gasteiger partial charge in [-0.1, -0.05) is 17.3 Å². The number of nitrogens with zero attached hydrogens (tertiary/aromatic N) is 6. The third-order valence-electron chi connectivity index (χ3n) is 5.97. The fourth-order valence-corrected chi connectivity index (χ4v) is 5.01. The Hall–Kier alpha value is -3.39. The third kappa shape index (κ3) is 3.82. The minimum absolute atomic E-state index is 0.0147. The first-order valence-corrected chi connectivity index (χ1v) is 10.8. The van der Waals surface area contributed by atoms with Crippen LogP contribution >= 0.6 is 0 Å². The van der Waals surface area contributed by atoms with E-state index in [1.54, 1.807) is 12.3 Å². The molecule has 0 radical (unpaired) electrons. The van der Waals surface area contributed by atoms with Gasteiger partial charge in [0, 0.05) is 28.4 Å². The van der Waals surface area contributed by atoms with E-state index in [1.165, 1.54) is 0 Å². The maximum absolute atomic E-state index is 10.7. The number of aromatic nitrogens is 6. The zero-order chi connectivity index (χ0) is 22.5. The van der Waals surface area contributed by atoms with Crippen LogP contribution in [0, 0.1) is 0 Å². The monoisotopic (exact) mass is 429 g/mol. The van der Waals surface area contributed by atoms with E-state index in [0.29, 0.717) is 22.4 Å². The number of nitrogens with one attached hydrogen (secondary N) is 1. The molecule has 0 aliphatic carbocycles. The van der Waals surface area contributed by atoms with Crippen LogP contribution < -0.4 is 5.32 Å². The number of phenolic OH excluding ortho intramolecular Hbond substituents is 1. The van der Waals surface area contributed by atoms with Crippen molar-refractivity contribution in [3.05, 3.63) is 48.7 Å². The molecule has 4 aromatic rings. The second-order valence-corrected chi connectivity index (χ2v) is 9.87. The summed E-state index contributed by atoms with van der Waals surface area (Å²) in [5, 5.41) is 32.0. The van der Waals surface area contributed by atoms with E-state index in [0.717, 1.165) is 24.1 Å². The van der Waals surface area contributed by atoms with Crippen molar-refractivity contribution in [3.8, 4) is 28.3 Å². The van der Waals surface area contributed by atoms with Gasteiger partial charge in [-0.05, 0) is 70.9 Å². The van der Waals surface area contributed by atoms with Crippen LogP contribution in [-0.4, -0.2) is 46.4 Å². The van der Waals surface area contributed by atoms with Gasteiger partial charge < -0.3 is 10.4 Å². The van der Waals surface area contributed by atoms with Crippen molar-refractivity contribution in [1.29, 1.82) is 0 Å². The van der Waals surface area contributed by atoms with Gasteiger partial charge in [0.1, 0.15) is 11.3 Å². The quantitative estimate of drug-likeness (QED) is 0.505. The largest absolute Gasteiger partial charge is 0.507 e. The lowest BCUT2D eigenvalue weighted by Crippen LogP contribution is -2.58. The number of pyridine rings is 1. The molecule has 0 atom stereocenters. The fraction of sp³-hybridized carbons (Fsp3) is 0.375. The summed E-state index contributed by atoms with van der Waals surface area (Å²) < 4.78 is 1.90. The molecule has 5 rings (SSSR count). The number of phenols is 1. The number of benzene rings is 1. The molecule has 8 nitrogen and oxygen atoms in total. The van der Waals surface area contributed by atoms with E-state index in [-0.39, 0.29) is 22.9 Å². The highest BCUT2D eigenvalue weighted by molar-refractivity contribution is 5.79. The lowest BCUT2D eigenvalue weighted by atomic mass is 9.80. The van der Waals surface area contributed by atoms with Gasteiger partial charge in [0.2, 0.25) is 5.65 Å². The molecule has 4 heterocycles. The Balaban J connectivity index is 1.48. The van der Waals surface area contributed by atoms with Gasteiger partial charge in [0.15, 0.2) is 0 Å². The molecular weight excluding hydrogens is 402 g/mol. The Labute approximate surface area is 186 Å². The standard InChI is InChI=1S/C24H27N7O/c1-23(2)13-16(14-24(3,4)29-23)31-22-20(27-30-31)12-19(26-28-22)17-9-8-15(11-21(17)32)18-7-5-6-10-25-18/h5-12,16,29,32H,13-14H2,1-4H3. The van der Waals surface area contributed by atoms with Gasteiger partial charge in [-0.3, -0.25) is 4.98 Å². The Bertz CT molecular complexity index is 1260. The molecule has 0 bridgehead atoms.